The molecule has 132 valence electrons. The number of aryl methyl sites for hydroxylation is 1. The van der Waals surface area contributed by atoms with Gasteiger partial charge in [-0.05, 0) is 45.2 Å². The van der Waals surface area contributed by atoms with Crippen molar-refractivity contribution >= 4 is 17.3 Å². The lowest BCUT2D eigenvalue weighted by Gasteiger charge is -2.13. The fourth-order valence-corrected chi connectivity index (χ4v) is 3.03. The third-order valence-corrected chi connectivity index (χ3v) is 4.62. The summed E-state index contributed by atoms with van der Waals surface area (Å²) in [5.41, 5.74) is 6.87. The first-order chi connectivity index (χ1) is 12.1. The van der Waals surface area contributed by atoms with Gasteiger partial charge in [-0.25, -0.2) is 0 Å². The highest BCUT2D eigenvalue weighted by molar-refractivity contribution is 6.06. The Labute approximate surface area is 148 Å². The van der Waals surface area contributed by atoms with Gasteiger partial charge in [-0.1, -0.05) is 25.1 Å². The maximum atomic E-state index is 12.5. The summed E-state index contributed by atoms with van der Waals surface area (Å²) in [6.07, 6.45) is 3.58. The molecule has 1 aromatic carbocycles. The summed E-state index contributed by atoms with van der Waals surface area (Å²) in [5.74, 6) is 1.14. The Balaban J connectivity index is 1.87. The normalized spacial score (nSPS) is 16.4. The minimum Gasteiger partial charge on any atom is -0.455 e. The molecular weight excluding hydrogens is 314 g/mol. The van der Waals surface area contributed by atoms with Crippen molar-refractivity contribution in [1.29, 1.82) is 0 Å². The molecule has 2 aromatic rings. The zero-order valence-corrected chi connectivity index (χ0v) is 15.1. The smallest absolute Gasteiger partial charge is 0.287 e. The molecule has 2 N–H and O–H groups in total. The van der Waals surface area contributed by atoms with Gasteiger partial charge in [-0.15, -0.1) is 0 Å². The Morgan fingerprint density at radius 1 is 1.28 bits per heavy atom. The van der Waals surface area contributed by atoms with Crippen LogP contribution in [-0.4, -0.2) is 17.7 Å². The summed E-state index contributed by atoms with van der Waals surface area (Å²) < 4.78 is 5.91. The zero-order valence-electron chi connectivity index (χ0n) is 15.1. The Morgan fingerprint density at radius 3 is 2.76 bits per heavy atom. The second-order valence-electron chi connectivity index (χ2n) is 6.53. The first kappa shape index (κ1) is 17.3. The van der Waals surface area contributed by atoms with Crippen LogP contribution in [0.25, 0.3) is 0 Å². The Morgan fingerprint density at radius 2 is 2.04 bits per heavy atom. The number of hydrogen-bond donors (Lipinski definition) is 2. The van der Waals surface area contributed by atoms with E-state index >= 15 is 0 Å². The van der Waals surface area contributed by atoms with Gasteiger partial charge in [0.05, 0.1) is 11.4 Å². The van der Waals surface area contributed by atoms with Crippen LogP contribution in [0.1, 0.15) is 60.6 Å². The van der Waals surface area contributed by atoms with Gasteiger partial charge < -0.3 is 9.73 Å². The molecule has 0 spiro atoms. The summed E-state index contributed by atoms with van der Waals surface area (Å²) in [4.78, 5) is 12.5. The molecular formula is C20H25N3O2. The van der Waals surface area contributed by atoms with Crippen LogP contribution in [0.4, 0.5) is 5.69 Å². The molecule has 1 aromatic heterocycles. The lowest BCUT2D eigenvalue weighted by Crippen LogP contribution is -2.32. The van der Waals surface area contributed by atoms with E-state index in [2.05, 4.69) is 15.8 Å². The van der Waals surface area contributed by atoms with Crippen LogP contribution in [0.5, 0.6) is 0 Å². The van der Waals surface area contributed by atoms with Gasteiger partial charge in [0.25, 0.3) is 5.91 Å². The lowest BCUT2D eigenvalue weighted by atomic mass is 9.93. The largest absolute Gasteiger partial charge is 0.455 e. The van der Waals surface area contributed by atoms with Crippen molar-refractivity contribution in [2.45, 2.75) is 52.5 Å². The molecule has 1 aliphatic rings. The molecule has 3 rings (SSSR count). The first-order valence-electron chi connectivity index (χ1n) is 8.91. The van der Waals surface area contributed by atoms with Crippen LogP contribution in [0, 0.1) is 6.92 Å². The predicted molar refractivity (Wildman–Crippen MR) is 100 cm³/mol. The number of nitrogens with zero attached hydrogens (tertiary/aromatic N) is 1. The molecule has 0 radical (unpaired) electrons. The van der Waals surface area contributed by atoms with Crippen LogP contribution in [0.2, 0.25) is 0 Å². The van der Waals surface area contributed by atoms with E-state index < -0.39 is 0 Å². The van der Waals surface area contributed by atoms with E-state index in [-0.39, 0.29) is 11.9 Å². The van der Waals surface area contributed by atoms with Crippen molar-refractivity contribution in [2.24, 2.45) is 5.10 Å². The molecule has 25 heavy (non-hydrogen) atoms. The molecule has 5 nitrogen and oxygen atoms in total. The SMILES string of the molecule is CCC(C)NC(=O)c1oc2c(c1C)/C(=N/Nc1ccccc1)CCC2. The average Bonchev–Trinajstić information content (AvgIpc) is 2.98. The summed E-state index contributed by atoms with van der Waals surface area (Å²) in [6, 6.07) is 9.98. The molecule has 1 amide bonds. The second-order valence-corrected chi connectivity index (χ2v) is 6.53. The Bertz CT molecular complexity index is 778. The molecule has 0 fully saturated rings. The fraction of sp³-hybridized carbons (Fsp3) is 0.400. The van der Waals surface area contributed by atoms with E-state index in [9.17, 15) is 4.79 Å². The van der Waals surface area contributed by atoms with Gasteiger partial charge in [-0.3, -0.25) is 10.2 Å². The predicted octanol–water partition coefficient (Wildman–Crippen LogP) is 4.27. The molecule has 0 aliphatic heterocycles. The van der Waals surface area contributed by atoms with E-state index in [0.29, 0.717) is 5.76 Å². The van der Waals surface area contributed by atoms with Gasteiger partial charge in [0.1, 0.15) is 5.76 Å². The standard InChI is InChI=1S/C20H25N3O2/c1-4-13(2)21-20(24)19-14(3)18-16(11-8-12-17(18)25-19)23-22-15-9-6-5-7-10-15/h5-7,9-10,13,22H,4,8,11-12H2,1-3H3,(H,21,24)/b23-16+. The van der Waals surface area contributed by atoms with Crippen LogP contribution < -0.4 is 10.7 Å². The van der Waals surface area contributed by atoms with E-state index in [0.717, 1.165) is 54.0 Å². The highest BCUT2D eigenvalue weighted by atomic mass is 16.4. The number of nitrogens with one attached hydrogen (secondary N) is 2. The quantitative estimate of drug-likeness (QED) is 0.800. The summed E-state index contributed by atoms with van der Waals surface area (Å²) in [7, 11) is 0. The van der Waals surface area contributed by atoms with E-state index in [1.54, 1.807) is 0 Å². The maximum absolute atomic E-state index is 12.5. The number of carbonyl (C=O) groups excluding carboxylic acids is 1. The number of fused-ring (bicyclic) bond motifs is 1. The molecule has 5 heteroatoms. The number of rotatable bonds is 5. The Hall–Kier alpha value is -2.56. The minimum atomic E-state index is -0.142. The summed E-state index contributed by atoms with van der Waals surface area (Å²) in [5, 5.41) is 7.56. The van der Waals surface area contributed by atoms with E-state index in [1.807, 2.05) is 51.1 Å². The van der Waals surface area contributed by atoms with Crippen molar-refractivity contribution in [3.05, 3.63) is 53.0 Å². The highest BCUT2D eigenvalue weighted by Crippen LogP contribution is 2.30. The molecule has 0 bridgehead atoms. The first-order valence-corrected chi connectivity index (χ1v) is 8.91. The van der Waals surface area contributed by atoms with Crippen molar-refractivity contribution < 1.29 is 9.21 Å². The number of benzene rings is 1. The van der Waals surface area contributed by atoms with Gasteiger partial charge in [0, 0.05) is 23.6 Å². The van der Waals surface area contributed by atoms with Crippen LogP contribution in [0.3, 0.4) is 0 Å². The molecule has 1 unspecified atom stereocenters. The third kappa shape index (κ3) is 3.76. The number of amides is 1. The number of carbonyl (C=O) groups is 1. The maximum Gasteiger partial charge on any atom is 0.287 e. The number of furan rings is 1. The number of hydrogen-bond acceptors (Lipinski definition) is 4. The number of hydrazone groups is 1. The molecule has 0 saturated heterocycles. The second kappa shape index (κ2) is 7.55. The van der Waals surface area contributed by atoms with E-state index in [4.69, 9.17) is 4.42 Å². The summed E-state index contributed by atoms with van der Waals surface area (Å²) in [6.45, 7) is 5.98. The minimum absolute atomic E-state index is 0.127. The number of anilines is 1. The van der Waals surface area contributed by atoms with Crippen LogP contribution >= 0.6 is 0 Å². The molecule has 1 heterocycles. The fourth-order valence-electron chi connectivity index (χ4n) is 3.03. The average molecular weight is 339 g/mol. The topological polar surface area (TPSA) is 66.6 Å². The van der Waals surface area contributed by atoms with Crippen LogP contribution in [0.15, 0.2) is 39.9 Å². The third-order valence-electron chi connectivity index (χ3n) is 4.62. The van der Waals surface area contributed by atoms with Gasteiger partial charge >= 0.3 is 0 Å². The van der Waals surface area contributed by atoms with E-state index in [1.165, 1.54) is 0 Å². The van der Waals surface area contributed by atoms with Gasteiger partial charge in [0.2, 0.25) is 0 Å². The van der Waals surface area contributed by atoms with Crippen molar-refractivity contribution in [3.63, 3.8) is 0 Å². The number of para-hydroxylation sites is 1. The van der Waals surface area contributed by atoms with Crippen molar-refractivity contribution in [2.75, 3.05) is 5.43 Å². The molecule has 0 saturated carbocycles. The van der Waals surface area contributed by atoms with Crippen molar-refractivity contribution in [3.8, 4) is 0 Å². The monoisotopic (exact) mass is 339 g/mol. The van der Waals surface area contributed by atoms with Crippen molar-refractivity contribution in [1.82, 2.24) is 5.32 Å². The van der Waals surface area contributed by atoms with Gasteiger partial charge in [-0.2, -0.15) is 5.10 Å². The highest BCUT2D eigenvalue weighted by Gasteiger charge is 2.28. The Kier molecular flexibility index (Phi) is 5.22. The summed E-state index contributed by atoms with van der Waals surface area (Å²) >= 11 is 0. The lowest BCUT2D eigenvalue weighted by molar-refractivity contribution is 0.0908. The molecule has 1 atom stereocenters. The van der Waals surface area contributed by atoms with Gasteiger partial charge in [0.15, 0.2) is 5.76 Å². The molecule has 1 aliphatic carbocycles. The zero-order chi connectivity index (χ0) is 17.8. The van der Waals surface area contributed by atoms with Crippen LogP contribution in [-0.2, 0) is 6.42 Å².